The average Bonchev–Trinajstić information content (AvgIpc) is 3.36. The molecule has 1 aromatic rings. The number of rotatable bonds is 5. The van der Waals surface area contributed by atoms with Crippen molar-refractivity contribution in [2.75, 3.05) is 18.5 Å². The maximum atomic E-state index is 13.0. The minimum Gasteiger partial charge on any atom is -0.454 e. The van der Waals surface area contributed by atoms with Gasteiger partial charge in [-0.15, -0.1) is 0 Å². The van der Waals surface area contributed by atoms with Gasteiger partial charge in [0.1, 0.15) is 6.54 Å². The molecule has 7 nitrogen and oxygen atoms in total. The summed E-state index contributed by atoms with van der Waals surface area (Å²) in [4.78, 5) is 49.9. The second-order valence-electron chi connectivity index (χ2n) is 7.90. The van der Waals surface area contributed by atoms with Crippen molar-refractivity contribution in [3.8, 4) is 0 Å². The number of nitrogens with zero attached hydrogens (tertiary/aromatic N) is 1. The summed E-state index contributed by atoms with van der Waals surface area (Å²) >= 11 is 0. The van der Waals surface area contributed by atoms with Crippen LogP contribution in [0.4, 0.5) is 18.9 Å². The Kier molecular flexibility index (Phi) is 5.03. The normalized spacial score (nSPS) is 27.4. The fourth-order valence-electron chi connectivity index (χ4n) is 4.97. The minimum absolute atomic E-state index is 0.178. The molecule has 3 aliphatic rings. The molecule has 1 saturated heterocycles. The minimum atomic E-state index is -4.66. The maximum Gasteiger partial charge on any atom is 0.418 e. The van der Waals surface area contributed by atoms with Crippen molar-refractivity contribution in [1.82, 2.24) is 4.90 Å². The van der Waals surface area contributed by atoms with Gasteiger partial charge in [0.25, 0.3) is 5.91 Å². The van der Waals surface area contributed by atoms with Crippen LogP contribution in [0.25, 0.3) is 0 Å². The molecule has 1 aliphatic heterocycles. The van der Waals surface area contributed by atoms with Crippen molar-refractivity contribution in [3.05, 3.63) is 29.8 Å². The van der Waals surface area contributed by atoms with Crippen LogP contribution in [0.15, 0.2) is 24.3 Å². The van der Waals surface area contributed by atoms with Crippen LogP contribution < -0.4 is 5.32 Å². The summed E-state index contributed by atoms with van der Waals surface area (Å²) in [6.07, 6.45) is -1.98. The van der Waals surface area contributed by atoms with Gasteiger partial charge in [0, 0.05) is 0 Å². The summed E-state index contributed by atoms with van der Waals surface area (Å²) in [7, 11) is 0. The molecular formula is C20H19F3N2O5. The smallest absolute Gasteiger partial charge is 0.418 e. The van der Waals surface area contributed by atoms with Crippen molar-refractivity contribution < 1.29 is 37.1 Å². The van der Waals surface area contributed by atoms with Gasteiger partial charge in [0.05, 0.1) is 23.1 Å². The van der Waals surface area contributed by atoms with Gasteiger partial charge in [-0.25, -0.2) is 0 Å². The summed E-state index contributed by atoms with van der Waals surface area (Å²) in [5.74, 6) is -3.07. The number of ether oxygens (including phenoxy) is 1. The molecule has 30 heavy (non-hydrogen) atoms. The number of carbonyl (C=O) groups excluding carboxylic acids is 4. The third-order valence-corrected chi connectivity index (χ3v) is 6.18. The lowest BCUT2D eigenvalue weighted by Gasteiger charge is -2.19. The summed E-state index contributed by atoms with van der Waals surface area (Å²) < 4.78 is 43.7. The lowest BCUT2D eigenvalue weighted by atomic mass is 9.81. The van der Waals surface area contributed by atoms with Crippen LogP contribution >= 0.6 is 0 Å². The van der Waals surface area contributed by atoms with E-state index in [1.165, 1.54) is 12.1 Å². The highest BCUT2D eigenvalue weighted by atomic mass is 19.4. The van der Waals surface area contributed by atoms with E-state index in [2.05, 4.69) is 5.32 Å². The topological polar surface area (TPSA) is 92.8 Å². The molecular weight excluding hydrogens is 405 g/mol. The Morgan fingerprint density at radius 1 is 1.07 bits per heavy atom. The first-order valence-corrected chi connectivity index (χ1v) is 9.63. The first kappa shape index (κ1) is 20.4. The van der Waals surface area contributed by atoms with Crippen LogP contribution in [-0.4, -0.2) is 41.7 Å². The number of amides is 3. The lowest BCUT2D eigenvalue weighted by Crippen LogP contribution is -2.38. The molecule has 0 radical (unpaired) electrons. The zero-order valence-corrected chi connectivity index (χ0v) is 15.8. The van der Waals surface area contributed by atoms with Gasteiger partial charge < -0.3 is 10.1 Å². The van der Waals surface area contributed by atoms with Gasteiger partial charge >= 0.3 is 12.1 Å². The number of likely N-dealkylation sites (tertiary alicyclic amines) is 1. The lowest BCUT2D eigenvalue weighted by molar-refractivity contribution is -0.154. The molecule has 2 saturated carbocycles. The standard InChI is InChI=1S/C20H19F3N2O5/c21-20(22,23)12-3-1-2-4-13(12)24-14(26)9-30-15(27)8-25-18(28)16-10-5-6-11(7-10)17(16)19(25)29/h1-4,10-11,16-17H,5-9H2,(H,24,26)/t10-,11-,16-,17-/m0/s1. The molecule has 2 aliphatic carbocycles. The quantitative estimate of drug-likeness (QED) is 0.578. The molecule has 1 aromatic carbocycles. The van der Waals surface area contributed by atoms with Crippen molar-refractivity contribution in [2.24, 2.45) is 23.7 Å². The highest BCUT2D eigenvalue weighted by Crippen LogP contribution is 2.56. The van der Waals surface area contributed by atoms with Gasteiger partial charge in [-0.3, -0.25) is 24.1 Å². The van der Waals surface area contributed by atoms with E-state index in [0.29, 0.717) is 0 Å². The van der Waals surface area contributed by atoms with E-state index in [0.717, 1.165) is 36.3 Å². The fourth-order valence-corrected chi connectivity index (χ4v) is 4.97. The Labute approximate surface area is 169 Å². The average molecular weight is 424 g/mol. The monoisotopic (exact) mass is 424 g/mol. The largest absolute Gasteiger partial charge is 0.454 e. The number of benzene rings is 1. The van der Waals surface area contributed by atoms with Crippen LogP contribution in [-0.2, 0) is 30.1 Å². The van der Waals surface area contributed by atoms with Crippen molar-refractivity contribution in [1.29, 1.82) is 0 Å². The van der Waals surface area contributed by atoms with Gasteiger partial charge in [-0.1, -0.05) is 12.1 Å². The number of imide groups is 1. The van der Waals surface area contributed by atoms with E-state index in [4.69, 9.17) is 4.74 Å². The zero-order chi connectivity index (χ0) is 21.6. The van der Waals surface area contributed by atoms with E-state index in [1.54, 1.807) is 0 Å². The van der Waals surface area contributed by atoms with Crippen molar-refractivity contribution in [3.63, 3.8) is 0 Å². The highest BCUT2D eigenvalue weighted by Gasteiger charge is 2.61. The maximum absolute atomic E-state index is 13.0. The van der Waals surface area contributed by atoms with Crippen molar-refractivity contribution in [2.45, 2.75) is 25.4 Å². The van der Waals surface area contributed by atoms with Gasteiger partial charge in [0.2, 0.25) is 11.8 Å². The third-order valence-electron chi connectivity index (χ3n) is 6.18. The summed E-state index contributed by atoms with van der Waals surface area (Å²) in [5, 5.41) is 2.05. The molecule has 10 heteroatoms. The molecule has 0 aromatic heterocycles. The van der Waals surface area contributed by atoms with E-state index in [9.17, 15) is 32.3 Å². The fraction of sp³-hybridized carbons (Fsp3) is 0.500. The first-order chi connectivity index (χ1) is 14.2. The van der Waals surface area contributed by atoms with Gasteiger partial charge in [-0.05, 0) is 43.2 Å². The van der Waals surface area contributed by atoms with Gasteiger partial charge in [0.15, 0.2) is 6.61 Å². The number of esters is 1. The number of anilines is 1. The van der Waals surface area contributed by atoms with Gasteiger partial charge in [-0.2, -0.15) is 13.2 Å². The second kappa shape index (κ2) is 7.41. The number of fused-ring (bicyclic) bond motifs is 5. The molecule has 3 amide bonds. The molecule has 2 bridgehead atoms. The van der Waals surface area contributed by atoms with Crippen LogP contribution in [0.5, 0.6) is 0 Å². The molecule has 1 N–H and O–H groups in total. The predicted octanol–water partition coefficient (Wildman–Crippen LogP) is 2.22. The van der Waals surface area contributed by atoms with E-state index in [1.807, 2.05) is 0 Å². The number of para-hydroxylation sites is 1. The number of alkyl halides is 3. The molecule has 0 spiro atoms. The van der Waals surface area contributed by atoms with E-state index < -0.39 is 42.5 Å². The van der Waals surface area contributed by atoms with E-state index in [-0.39, 0.29) is 35.5 Å². The zero-order valence-electron chi connectivity index (χ0n) is 15.8. The molecule has 160 valence electrons. The third kappa shape index (κ3) is 3.54. The molecule has 0 unspecified atom stereocenters. The molecule has 4 atom stereocenters. The molecule has 1 heterocycles. The summed E-state index contributed by atoms with van der Waals surface area (Å²) in [6.45, 7) is -1.43. The molecule has 3 fully saturated rings. The highest BCUT2D eigenvalue weighted by molar-refractivity contribution is 6.08. The number of hydrogen-bond donors (Lipinski definition) is 1. The van der Waals surface area contributed by atoms with Crippen molar-refractivity contribution >= 4 is 29.4 Å². The number of carbonyl (C=O) groups is 4. The summed E-state index contributed by atoms with van der Waals surface area (Å²) in [5.41, 5.74) is -1.49. The second-order valence-corrected chi connectivity index (χ2v) is 7.90. The first-order valence-electron chi connectivity index (χ1n) is 9.63. The summed E-state index contributed by atoms with van der Waals surface area (Å²) in [6, 6.07) is 4.41. The predicted molar refractivity (Wildman–Crippen MR) is 95.6 cm³/mol. The Hall–Kier alpha value is -2.91. The van der Waals surface area contributed by atoms with E-state index >= 15 is 0 Å². The number of nitrogens with one attached hydrogen (secondary N) is 1. The van der Waals surface area contributed by atoms with Crippen LogP contribution in [0, 0.1) is 23.7 Å². The number of halogens is 3. The van der Waals surface area contributed by atoms with Crippen LogP contribution in [0.2, 0.25) is 0 Å². The number of hydrogen-bond acceptors (Lipinski definition) is 5. The molecule has 4 rings (SSSR count). The van der Waals surface area contributed by atoms with Crippen LogP contribution in [0.1, 0.15) is 24.8 Å². The Balaban J connectivity index is 1.31. The Bertz CT molecular complexity index is 888. The SMILES string of the molecule is O=C(COC(=O)CN1C(=O)[C@H]2[C@H]3CC[C@@H](C3)[C@@H]2C1=O)Nc1ccccc1C(F)(F)F. The Morgan fingerprint density at radius 2 is 1.67 bits per heavy atom. The van der Waals surface area contributed by atoms with Crippen LogP contribution in [0.3, 0.4) is 0 Å². The Morgan fingerprint density at radius 3 is 2.27 bits per heavy atom.